The average molecular weight is 405 g/mol. The summed E-state index contributed by atoms with van der Waals surface area (Å²) in [6.45, 7) is 4.20. The van der Waals surface area contributed by atoms with Gasteiger partial charge in [-0.1, -0.05) is 17.3 Å². The first-order valence-electron chi connectivity index (χ1n) is 10.4. The summed E-state index contributed by atoms with van der Waals surface area (Å²) in [5.74, 6) is 0.674. The van der Waals surface area contributed by atoms with Gasteiger partial charge in [0.2, 0.25) is 5.76 Å². The highest BCUT2D eigenvalue weighted by Crippen LogP contribution is 2.24. The third kappa shape index (κ3) is 4.48. The lowest BCUT2D eigenvalue weighted by atomic mass is 10.1. The maximum absolute atomic E-state index is 12.6. The van der Waals surface area contributed by atoms with Crippen molar-refractivity contribution in [2.75, 3.05) is 25.1 Å². The van der Waals surface area contributed by atoms with Gasteiger partial charge in [0, 0.05) is 30.4 Å². The van der Waals surface area contributed by atoms with Gasteiger partial charge in [0.25, 0.3) is 5.91 Å². The summed E-state index contributed by atoms with van der Waals surface area (Å²) in [7, 11) is 1.62. The van der Waals surface area contributed by atoms with Gasteiger partial charge in [0.1, 0.15) is 11.4 Å². The molecule has 1 fully saturated rings. The van der Waals surface area contributed by atoms with Crippen LogP contribution in [0.4, 0.5) is 5.69 Å². The third-order valence-corrected chi connectivity index (χ3v) is 5.58. The molecule has 30 heavy (non-hydrogen) atoms. The number of hydrogen-bond acceptors (Lipinski definition) is 5. The minimum absolute atomic E-state index is 0.137. The fourth-order valence-electron chi connectivity index (χ4n) is 3.76. The molecule has 1 aliphatic rings. The maximum atomic E-state index is 12.6. The van der Waals surface area contributed by atoms with Crippen molar-refractivity contribution in [3.05, 3.63) is 65.9 Å². The molecule has 156 valence electrons. The van der Waals surface area contributed by atoms with Crippen molar-refractivity contribution < 1.29 is 14.1 Å². The molecule has 4 rings (SSSR count). The van der Waals surface area contributed by atoms with Crippen molar-refractivity contribution in [1.82, 2.24) is 10.5 Å². The zero-order valence-electron chi connectivity index (χ0n) is 17.4. The van der Waals surface area contributed by atoms with Crippen LogP contribution in [0.5, 0.6) is 5.75 Å². The van der Waals surface area contributed by atoms with Crippen molar-refractivity contribution in [2.45, 2.75) is 32.2 Å². The number of methoxy groups -OCH3 is 1. The molecule has 2 heterocycles. The summed E-state index contributed by atoms with van der Waals surface area (Å²) < 4.78 is 10.4. The van der Waals surface area contributed by atoms with E-state index in [1.807, 2.05) is 31.2 Å². The number of nitrogens with zero attached hydrogens (tertiary/aromatic N) is 2. The molecule has 3 aromatic rings. The lowest BCUT2D eigenvalue weighted by Crippen LogP contribution is -2.29. The van der Waals surface area contributed by atoms with Crippen LogP contribution < -0.4 is 15.0 Å². The van der Waals surface area contributed by atoms with E-state index in [0.717, 1.165) is 30.0 Å². The smallest absolute Gasteiger partial charge is 0.290 e. The molecule has 0 saturated carbocycles. The summed E-state index contributed by atoms with van der Waals surface area (Å²) >= 11 is 0. The van der Waals surface area contributed by atoms with E-state index >= 15 is 0 Å². The number of anilines is 1. The summed E-state index contributed by atoms with van der Waals surface area (Å²) in [4.78, 5) is 15.0. The van der Waals surface area contributed by atoms with Crippen LogP contribution >= 0.6 is 0 Å². The SMILES string of the molecule is COc1ccc(-c2cc(C(=O)NC(C)c3ccc(N4CCCCC4)cc3)on2)cc1. The van der Waals surface area contributed by atoms with E-state index in [1.54, 1.807) is 13.2 Å². The van der Waals surface area contributed by atoms with Crippen molar-refractivity contribution in [1.29, 1.82) is 0 Å². The van der Waals surface area contributed by atoms with E-state index in [-0.39, 0.29) is 17.7 Å². The van der Waals surface area contributed by atoms with Crippen LogP contribution in [-0.2, 0) is 0 Å². The molecule has 0 radical (unpaired) electrons. The number of carbonyl (C=O) groups is 1. The molecule has 2 aromatic carbocycles. The molecule has 1 amide bonds. The Labute approximate surface area is 176 Å². The number of hydrogen-bond donors (Lipinski definition) is 1. The van der Waals surface area contributed by atoms with E-state index in [4.69, 9.17) is 9.26 Å². The Bertz CT molecular complexity index is 974. The monoisotopic (exact) mass is 405 g/mol. The van der Waals surface area contributed by atoms with Gasteiger partial charge in [-0.25, -0.2) is 0 Å². The average Bonchev–Trinajstić information content (AvgIpc) is 3.30. The zero-order valence-corrected chi connectivity index (χ0v) is 17.4. The van der Waals surface area contributed by atoms with E-state index in [2.05, 4.69) is 39.6 Å². The lowest BCUT2D eigenvalue weighted by molar-refractivity contribution is 0.0902. The summed E-state index contributed by atoms with van der Waals surface area (Å²) in [6, 6.07) is 17.4. The Morgan fingerprint density at radius 2 is 1.77 bits per heavy atom. The lowest BCUT2D eigenvalue weighted by Gasteiger charge is -2.29. The van der Waals surface area contributed by atoms with E-state index in [1.165, 1.54) is 24.9 Å². The predicted octanol–water partition coefficient (Wildman–Crippen LogP) is 4.83. The molecule has 1 unspecified atom stereocenters. The molecule has 0 aliphatic carbocycles. The molecule has 0 bridgehead atoms. The molecule has 0 spiro atoms. The quantitative estimate of drug-likeness (QED) is 0.636. The zero-order chi connectivity index (χ0) is 20.9. The van der Waals surface area contributed by atoms with E-state index in [9.17, 15) is 4.79 Å². The fraction of sp³-hybridized carbons (Fsp3) is 0.333. The molecular weight excluding hydrogens is 378 g/mol. The summed E-state index contributed by atoms with van der Waals surface area (Å²) in [5.41, 5.74) is 3.77. The van der Waals surface area contributed by atoms with Crippen molar-refractivity contribution in [2.24, 2.45) is 0 Å². The molecule has 1 atom stereocenters. The second-order valence-corrected chi connectivity index (χ2v) is 7.64. The topological polar surface area (TPSA) is 67.6 Å². The first-order chi connectivity index (χ1) is 14.6. The van der Waals surface area contributed by atoms with Gasteiger partial charge in [-0.05, 0) is 68.1 Å². The first kappa shape index (κ1) is 20.0. The first-order valence-corrected chi connectivity index (χ1v) is 10.4. The second kappa shape index (κ2) is 9.03. The van der Waals surface area contributed by atoms with Gasteiger partial charge in [-0.3, -0.25) is 4.79 Å². The molecule has 6 nitrogen and oxygen atoms in total. The number of amides is 1. The standard InChI is InChI=1S/C24H27N3O3/c1-17(18-6-10-20(11-7-18)27-14-4-3-5-15-27)25-24(28)23-16-22(26-30-23)19-8-12-21(29-2)13-9-19/h6-13,16-17H,3-5,14-15H2,1-2H3,(H,25,28). The number of aromatic nitrogens is 1. The van der Waals surface area contributed by atoms with Crippen molar-refractivity contribution in [3.63, 3.8) is 0 Å². The molecule has 6 heteroatoms. The van der Waals surface area contributed by atoms with Crippen LogP contribution in [0.25, 0.3) is 11.3 Å². The molecule has 1 aliphatic heterocycles. The molecule has 1 aromatic heterocycles. The molecular formula is C24H27N3O3. The maximum Gasteiger partial charge on any atom is 0.290 e. The Morgan fingerprint density at radius 1 is 1.07 bits per heavy atom. The number of rotatable bonds is 6. The summed E-state index contributed by atoms with van der Waals surface area (Å²) in [6.07, 6.45) is 3.83. The molecule has 1 N–H and O–H groups in total. The molecule has 1 saturated heterocycles. The highest BCUT2D eigenvalue weighted by molar-refractivity contribution is 5.92. The normalized spacial score (nSPS) is 14.9. The van der Waals surface area contributed by atoms with Crippen LogP contribution in [0.1, 0.15) is 48.3 Å². The van der Waals surface area contributed by atoms with Crippen molar-refractivity contribution >= 4 is 11.6 Å². The highest BCUT2D eigenvalue weighted by atomic mass is 16.5. The van der Waals surface area contributed by atoms with Gasteiger partial charge in [-0.2, -0.15) is 0 Å². The van der Waals surface area contributed by atoms with Gasteiger partial charge in [-0.15, -0.1) is 0 Å². The second-order valence-electron chi connectivity index (χ2n) is 7.64. The Morgan fingerprint density at radius 3 is 2.43 bits per heavy atom. The van der Waals surface area contributed by atoms with Crippen LogP contribution in [0.3, 0.4) is 0 Å². The van der Waals surface area contributed by atoms with Gasteiger partial charge in [0.15, 0.2) is 0 Å². The number of benzene rings is 2. The minimum Gasteiger partial charge on any atom is -0.497 e. The number of nitrogens with one attached hydrogen (secondary N) is 1. The largest absolute Gasteiger partial charge is 0.497 e. The fourth-order valence-corrected chi connectivity index (χ4v) is 3.76. The van der Waals surface area contributed by atoms with Crippen molar-refractivity contribution in [3.8, 4) is 17.0 Å². The minimum atomic E-state index is -0.283. The van der Waals surface area contributed by atoms with Crippen LogP contribution in [0, 0.1) is 0 Å². The Balaban J connectivity index is 1.39. The van der Waals surface area contributed by atoms with Gasteiger partial charge >= 0.3 is 0 Å². The predicted molar refractivity (Wildman–Crippen MR) is 117 cm³/mol. The summed E-state index contributed by atoms with van der Waals surface area (Å²) in [5, 5.41) is 7.01. The highest BCUT2D eigenvalue weighted by Gasteiger charge is 2.18. The van der Waals surface area contributed by atoms with Crippen LogP contribution in [-0.4, -0.2) is 31.3 Å². The number of carbonyl (C=O) groups excluding carboxylic acids is 1. The van der Waals surface area contributed by atoms with Gasteiger partial charge in [0.05, 0.1) is 13.2 Å². The van der Waals surface area contributed by atoms with Crippen LogP contribution in [0.15, 0.2) is 59.1 Å². The number of piperidine rings is 1. The van der Waals surface area contributed by atoms with E-state index in [0.29, 0.717) is 5.69 Å². The van der Waals surface area contributed by atoms with Crippen LogP contribution in [0.2, 0.25) is 0 Å². The number of ether oxygens (including phenoxy) is 1. The third-order valence-electron chi connectivity index (χ3n) is 5.58. The van der Waals surface area contributed by atoms with Gasteiger partial charge < -0.3 is 19.5 Å². The Kier molecular flexibility index (Phi) is 6.02. The Hall–Kier alpha value is -3.28. The van der Waals surface area contributed by atoms with E-state index < -0.39 is 0 Å².